The minimum Gasteiger partial charge on any atom is -0.495 e. The molecule has 1 aliphatic rings. The molecule has 3 aromatic carbocycles. The number of carbonyl (C=O) groups is 2. The molecule has 1 fully saturated rings. The molecule has 10 heteroatoms. The number of esters is 1. The molecule has 4 rings (SSSR count). The van der Waals surface area contributed by atoms with Crippen LogP contribution in [0.25, 0.3) is 0 Å². The first-order valence-corrected chi connectivity index (χ1v) is 14.3. The number of rotatable bonds is 8. The van der Waals surface area contributed by atoms with Crippen molar-refractivity contribution in [3.05, 3.63) is 93.2 Å². The molecule has 4 atom stereocenters. The van der Waals surface area contributed by atoms with Gasteiger partial charge in [-0.05, 0) is 65.4 Å². The Morgan fingerprint density at radius 1 is 1.07 bits per heavy atom. The minimum absolute atomic E-state index is 0.00876. The van der Waals surface area contributed by atoms with E-state index in [-0.39, 0.29) is 23.3 Å². The topological polar surface area (TPSA) is 103 Å². The van der Waals surface area contributed by atoms with Crippen LogP contribution >= 0.6 is 23.2 Å². The van der Waals surface area contributed by atoms with E-state index in [1.54, 1.807) is 24.3 Å². The van der Waals surface area contributed by atoms with Crippen molar-refractivity contribution in [1.82, 2.24) is 5.32 Å². The van der Waals surface area contributed by atoms with Crippen LogP contribution in [0.4, 0.5) is 10.1 Å². The van der Waals surface area contributed by atoms with Gasteiger partial charge in [0, 0.05) is 34.0 Å². The first-order valence-electron chi connectivity index (χ1n) is 13.6. The lowest BCUT2D eigenvalue weighted by Crippen LogP contribution is -2.50. The Bertz CT molecular complexity index is 1480. The smallest absolute Gasteiger partial charge is 0.337 e. The molecule has 0 aromatic heterocycles. The van der Waals surface area contributed by atoms with Crippen LogP contribution in [-0.2, 0) is 14.9 Å². The predicted molar refractivity (Wildman–Crippen MR) is 164 cm³/mol. The number of halogens is 3. The first kappa shape index (κ1) is 31.8. The minimum atomic E-state index is -1.10. The van der Waals surface area contributed by atoms with Crippen LogP contribution in [0.15, 0.2) is 60.7 Å². The molecule has 1 saturated heterocycles. The lowest BCUT2D eigenvalue weighted by Gasteiger charge is -2.42. The Labute approximate surface area is 255 Å². The summed E-state index contributed by atoms with van der Waals surface area (Å²) in [6, 6.07) is 14.9. The van der Waals surface area contributed by atoms with E-state index in [1.807, 2.05) is 12.1 Å². The van der Waals surface area contributed by atoms with Gasteiger partial charge < -0.3 is 25.8 Å². The van der Waals surface area contributed by atoms with Gasteiger partial charge in [-0.15, -0.1) is 0 Å². The zero-order valence-electron chi connectivity index (χ0n) is 24.3. The molecule has 0 saturated carbocycles. The highest BCUT2D eigenvalue weighted by molar-refractivity contribution is 6.31. The van der Waals surface area contributed by atoms with E-state index in [1.165, 1.54) is 38.5 Å². The fraction of sp³-hybridized carbons (Fsp3) is 0.375. The lowest BCUT2D eigenvalue weighted by atomic mass is 9.62. The van der Waals surface area contributed by atoms with Crippen molar-refractivity contribution >= 4 is 40.8 Å². The number of hydrogen-bond acceptors (Lipinski definition) is 6. The van der Waals surface area contributed by atoms with Crippen molar-refractivity contribution in [1.29, 1.82) is 0 Å². The largest absolute Gasteiger partial charge is 0.495 e. The highest BCUT2D eigenvalue weighted by Crippen LogP contribution is 2.53. The summed E-state index contributed by atoms with van der Waals surface area (Å²) in [5.41, 5.74) is 6.91. The molecule has 0 bridgehead atoms. The van der Waals surface area contributed by atoms with Gasteiger partial charge >= 0.3 is 5.97 Å². The summed E-state index contributed by atoms with van der Waals surface area (Å²) >= 11 is 13.2. The highest BCUT2D eigenvalue weighted by atomic mass is 35.5. The van der Waals surface area contributed by atoms with E-state index in [0.29, 0.717) is 33.3 Å². The van der Waals surface area contributed by atoms with Crippen LogP contribution in [0, 0.1) is 11.2 Å². The van der Waals surface area contributed by atoms with Crippen LogP contribution < -0.4 is 21.1 Å². The molecule has 3 aromatic rings. The van der Waals surface area contributed by atoms with Crippen molar-refractivity contribution in [2.45, 2.75) is 50.6 Å². The zero-order valence-corrected chi connectivity index (χ0v) is 25.8. The maximum atomic E-state index is 15.8. The molecule has 42 heavy (non-hydrogen) atoms. The molecule has 1 amide bonds. The molecular formula is C32H36Cl2FN3O4. The number of benzene rings is 3. The number of nitrogens with two attached hydrogens (primary N) is 1. The second-order valence-corrected chi connectivity index (χ2v) is 12.6. The summed E-state index contributed by atoms with van der Waals surface area (Å²) in [5, 5.41) is 7.26. The average Bonchev–Trinajstić information content (AvgIpc) is 3.27. The Kier molecular flexibility index (Phi) is 9.52. The van der Waals surface area contributed by atoms with Gasteiger partial charge in [-0.2, -0.15) is 0 Å². The summed E-state index contributed by atoms with van der Waals surface area (Å²) in [6.07, 6.45) is 0.567. The van der Waals surface area contributed by atoms with E-state index in [4.69, 9.17) is 38.4 Å². The normalized spacial score (nSPS) is 22.1. The van der Waals surface area contributed by atoms with E-state index < -0.39 is 41.1 Å². The van der Waals surface area contributed by atoms with Gasteiger partial charge in [0.2, 0.25) is 5.91 Å². The SMILES string of the molecule is COC(=O)c1ccc(NC(=O)[C@@H]2N[C@@H](CC(C)(C)C)[C@](CN)(c3cc(Cl)ccc3F)[C@H]2c2ccccc2Cl)c(OC)c1. The number of ether oxygens (including phenoxy) is 2. The Morgan fingerprint density at radius 3 is 2.40 bits per heavy atom. The summed E-state index contributed by atoms with van der Waals surface area (Å²) in [6.45, 7) is 6.25. The number of hydrogen-bond donors (Lipinski definition) is 3. The van der Waals surface area contributed by atoms with Crippen molar-refractivity contribution in [2.75, 3.05) is 26.1 Å². The first-order chi connectivity index (χ1) is 19.9. The summed E-state index contributed by atoms with van der Waals surface area (Å²) in [7, 11) is 2.72. The maximum Gasteiger partial charge on any atom is 0.337 e. The van der Waals surface area contributed by atoms with Crippen molar-refractivity contribution in [3.8, 4) is 5.75 Å². The number of amides is 1. The van der Waals surface area contributed by atoms with Crippen LogP contribution in [0.3, 0.4) is 0 Å². The second-order valence-electron chi connectivity index (χ2n) is 11.7. The van der Waals surface area contributed by atoms with Gasteiger partial charge in [0.15, 0.2) is 0 Å². The zero-order chi connectivity index (χ0) is 30.8. The molecule has 0 unspecified atom stereocenters. The van der Waals surface area contributed by atoms with Crippen molar-refractivity contribution in [3.63, 3.8) is 0 Å². The quantitative estimate of drug-likeness (QED) is 0.256. The molecule has 7 nitrogen and oxygen atoms in total. The molecule has 224 valence electrons. The number of carbonyl (C=O) groups excluding carboxylic acids is 2. The Balaban J connectivity index is 1.90. The summed E-state index contributed by atoms with van der Waals surface area (Å²) in [5.74, 6) is -1.82. The highest BCUT2D eigenvalue weighted by Gasteiger charge is 2.59. The molecule has 0 aliphatic carbocycles. The van der Waals surface area contributed by atoms with E-state index >= 15 is 4.39 Å². The molecule has 4 N–H and O–H groups in total. The molecule has 1 heterocycles. The number of methoxy groups -OCH3 is 2. The fourth-order valence-electron chi connectivity index (χ4n) is 6.08. The predicted octanol–water partition coefficient (Wildman–Crippen LogP) is 6.32. The van der Waals surface area contributed by atoms with Crippen LogP contribution in [-0.4, -0.2) is 44.7 Å². The van der Waals surface area contributed by atoms with Gasteiger partial charge in [0.1, 0.15) is 11.6 Å². The van der Waals surface area contributed by atoms with Crippen LogP contribution in [0.2, 0.25) is 10.0 Å². The molecule has 1 aliphatic heterocycles. The third-order valence-electron chi connectivity index (χ3n) is 7.88. The van der Waals surface area contributed by atoms with Crippen LogP contribution in [0.5, 0.6) is 5.75 Å². The van der Waals surface area contributed by atoms with E-state index in [0.717, 1.165) is 0 Å². The van der Waals surface area contributed by atoms with Gasteiger partial charge in [-0.1, -0.05) is 62.2 Å². The second kappa shape index (κ2) is 12.6. The third-order valence-corrected chi connectivity index (χ3v) is 8.46. The number of nitrogens with one attached hydrogen (secondary N) is 2. The lowest BCUT2D eigenvalue weighted by molar-refractivity contribution is -0.118. The Hall–Kier alpha value is -3.17. The summed E-state index contributed by atoms with van der Waals surface area (Å²) < 4.78 is 26.1. The monoisotopic (exact) mass is 615 g/mol. The third kappa shape index (κ3) is 6.13. The molecular weight excluding hydrogens is 580 g/mol. The standard InChI is InChI=1S/C32H36Cl2FN3O4/c1-31(2,3)16-26-32(17-36,21-15-19(33)11-12-23(21)35)27(20-8-6-7-9-22(20)34)28(38-26)29(39)37-24-13-10-18(30(40)42-5)14-25(24)41-4/h6-15,26-28,38H,16-17,36H2,1-5H3,(H,37,39)/t26-,27-,28+,32-/m0/s1. The number of anilines is 1. The van der Waals surface area contributed by atoms with Gasteiger partial charge in [-0.25, -0.2) is 9.18 Å². The van der Waals surface area contributed by atoms with E-state index in [9.17, 15) is 9.59 Å². The van der Waals surface area contributed by atoms with E-state index in [2.05, 4.69) is 31.4 Å². The average molecular weight is 617 g/mol. The maximum absolute atomic E-state index is 15.8. The van der Waals surface area contributed by atoms with Crippen molar-refractivity contribution in [2.24, 2.45) is 11.1 Å². The fourth-order valence-corrected chi connectivity index (χ4v) is 6.50. The van der Waals surface area contributed by atoms with Gasteiger partial charge in [0.25, 0.3) is 0 Å². The van der Waals surface area contributed by atoms with Crippen molar-refractivity contribution < 1.29 is 23.5 Å². The summed E-state index contributed by atoms with van der Waals surface area (Å²) in [4.78, 5) is 26.3. The van der Waals surface area contributed by atoms with Crippen LogP contribution in [0.1, 0.15) is 54.6 Å². The molecule has 0 spiro atoms. The van der Waals surface area contributed by atoms with Gasteiger partial charge in [-0.3, -0.25) is 4.79 Å². The van der Waals surface area contributed by atoms with Gasteiger partial charge in [0.05, 0.1) is 31.5 Å². The molecule has 0 radical (unpaired) electrons. The Morgan fingerprint density at radius 2 is 1.79 bits per heavy atom.